The fourth-order valence-electron chi connectivity index (χ4n) is 2.47. The van der Waals surface area contributed by atoms with Crippen LogP contribution in [0.5, 0.6) is 5.75 Å². The standard InChI is InChI=1S/C16H12F3N3O2/c1-9-4-2-3-5-12(9)22-13-8-10(24-16(17,18)19)6-7-11(13)14(20)21-15(22)23/h2-8H,1H3,(H2,20,21,23). The van der Waals surface area contributed by atoms with Crippen LogP contribution >= 0.6 is 0 Å². The Balaban J connectivity index is 2.33. The molecule has 124 valence electrons. The lowest BCUT2D eigenvalue weighted by Gasteiger charge is -2.15. The van der Waals surface area contributed by atoms with Crippen LogP contribution in [-0.4, -0.2) is 15.9 Å². The quantitative estimate of drug-likeness (QED) is 0.781. The highest BCUT2D eigenvalue weighted by atomic mass is 19.4. The minimum absolute atomic E-state index is 0.0570. The first-order valence-electron chi connectivity index (χ1n) is 6.90. The number of nitrogen functional groups attached to an aromatic ring is 1. The number of hydrogen-bond donors (Lipinski definition) is 1. The lowest BCUT2D eigenvalue weighted by atomic mass is 10.1. The number of alkyl halides is 3. The highest BCUT2D eigenvalue weighted by Gasteiger charge is 2.31. The molecule has 0 saturated carbocycles. The van der Waals surface area contributed by atoms with Gasteiger partial charge in [0.2, 0.25) is 0 Å². The molecule has 0 amide bonds. The SMILES string of the molecule is Cc1ccccc1-n1c(=O)nc(N)c2ccc(OC(F)(F)F)cc21. The molecular weight excluding hydrogens is 323 g/mol. The van der Waals surface area contributed by atoms with Crippen LogP contribution in [0.15, 0.2) is 47.3 Å². The van der Waals surface area contributed by atoms with Gasteiger partial charge in [-0.2, -0.15) is 4.98 Å². The predicted molar refractivity (Wildman–Crippen MR) is 83.2 cm³/mol. The Labute approximate surface area is 134 Å². The van der Waals surface area contributed by atoms with Gasteiger partial charge in [0.15, 0.2) is 0 Å². The van der Waals surface area contributed by atoms with Gasteiger partial charge in [0.05, 0.1) is 11.2 Å². The van der Waals surface area contributed by atoms with E-state index >= 15 is 0 Å². The van der Waals surface area contributed by atoms with Gasteiger partial charge in [-0.3, -0.25) is 4.57 Å². The summed E-state index contributed by atoms with van der Waals surface area (Å²) in [5.74, 6) is -0.499. The number of para-hydroxylation sites is 1. The van der Waals surface area contributed by atoms with E-state index in [0.717, 1.165) is 17.7 Å². The van der Waals surface area contributed by atoms with E-state index in [4.69, 9.17) is 5.73 Å². The number of rotatable bonds is 2. The van der Waals surface area contributed by atoms with Crippen LogP contribution in [-0.2, 0) is 0 Å². The number of nitrogens with two attached hydrogens (primary N) is 1. The minimum atomic E-state index is -4.83. The average Bonchev–Trinajstić information content (AvgIpc) is 2.47. The molecule has 3 rings (SSSR count). The number of halogens is 3. The molecule has 0 aliphatic rings. The van der Waals surface area contributed by atoms with Crippen molar-refractivity contribution in [2.45, 2.75) is 13.3 Å². The van der Waals surface area contributed by atoms with E-state index in [1.165, 1.54) is 10.6 Å². The summed E-state index contributed by atoms with van der Waals surface area (Å²) in [6.45, 7) is 1.78. The second-order valence-corrected chi connectivity index (χ2v) is 5.13. The Hall–Kier alpha value is -3.03. The van der Waals surface area contributed by atoms with Gasteiger partial charge >= 0.3 is 12.1 Å². The summed E-state index contributed by atoms with van der Waals surface area (Å²) in [6, 6.07) is 10.5. The summed E-state index contributed by atoms with van der Waals surface area (Å²) >= 11 is 0. The topological polar surface area (TPSA) is 70.1 Å². The Morgan fingerprint density at radius 3 is 2.54 bits per heavy atom. The van der Waals surface area contributed by atoms with E-state index < -0.39 is 17.8 Å². The van der Waals surface area contributed by atoms with Crippen molar-refractivity contribution in [3.63, 3.8) is 0 Å². The van der Waals surface area contributed by atoms with Crippen molar-refractivity contribution in [2.24, 2.45) is 0 Å². The third-order valence-electron chi connectivity index (χ3n) is 3.48. The number of aryl methyl sites for hydroxylation is 1. The summed E-state index contributed by atoms with van der Waals surface area (Å²) in [7, 11) is 0. The van der Waals surface area contributed by atoms with Crippen LogP contribution in [0, 0.1) is 6.92 Å². The number of fused-ring (bicyclic) bond motifs is 1. The number of anilines is 1. The predicted octanol–water partition coefficient (Wildman–Crippen LogP) is 3.17. The van der Waals surface area contributed by atoms with Crippen molar-refractivity contribution in [1.29, 1.82) is 0 Å². The third-order valence-corrected chi connectivity index (χ3v) is 3.48. The van der Waals surface area contributed by atoms with Gasteiger partial charge in [-0.05, 0) is 30.7 Å². The lowest BCUT2D eigenvalue weighted by molar-refractivity contribution is -0.274. The fourth-order valence-corrected chi connectivity index (χ4v) is 2.47. The van der Waals surface area contributed by atoms with E-state index in [9.17, 15) is 18.0 Å². The zero-order valence-corrected chi connectivity index (χ0v) is 12.5. The number of aromatic nitrogens is 2. The van der Waals surface area contributed by atoms with Crippen LogP contribution in [0.3, 0.4) is 0 Å². The van der Waals surface area contributed by atoms with Gasteiger partial charge in [0, 0.05) is 11.5 Å². The van der Waals surface area contributed by atoms with Crippen molar-refractivity contribution in [3.05, 3.63) is 58.5 Å². The normalized spacial score (nSPS) is 11.7. The van der Waals surface area contributed by atoms with Crippen LogP contribution in [0.2, 0.25) is 0 Å². The van der Waals surface area contributed by atoms with Gasteiger partial charge < -0.3 is 10.5 Å². The zero-order chi connectivity index (χ0) is 17.5. The Bertz CT molecular complexity index is 980. The maximum absolute atomic E-state index is 12.5. The van der Waals surface area contributed by atoms with Gasteiger partial charge in [-0.25, -0.2) is 4.79 Å². The molecule has 0 radical (unpaired) electrons. The molecule has 0 bridgehead atoms. The van der Waals surface area contributed by atoms with Crippen LogP contribution in [0.1, 0.15) is 5.56 Å². The maximum atomic E-state index is 12.5. The number of ether oxygens (including phenoxy) is 1. The molecule has 5 nitrogen and oxygen atoms in total. The highest BCUT2D eigenvalue weighted by molar-refractivity contribution is 5.90. The largest absolute Gasteiger partial charge is 0.573 e. The molecule has 1 heterocycles. The van der Waals surface area contributed by atoms with Crippen molar-refractivity contribution in [3.8, 4) is 11.4 Å². The molecule has 0 aliphatic heterocycles. The van der Waals surface area contributed by atoms with Gasteiger partial charge in [0.25, 0.3) is 0 Å². The van der Waals surface area contributed by atoms with E-state index in [0.29, 0.717) is 11.1 Å². The molecule has 0 spiro atoms. The summed E-state index contributed by atoms with van der Waals surface area (Å²) in [6.07, 6.45) is -4.83. The fraction of sp³-hybridized carbons (Fsp3) is 0.125. The monoisotopic (exact) mass is 335 g/mol. The van der Waals surface area contributed by atoms with Gasteiger partial charge in [0.1, 0.15) is 11.6 Å². The van der Waals surface area contributed by atoms with E-state index in [1.807, 2.05) is 0 Å². The summed E-state index contributed by atoms with van der Waals surface area (Å²) in [5, 5.41) is 0.354. The van der Waals surface area contributed by atoms with Gasteiger partial charge in [-0.15, -0.1) is 13.2 Å². The number of benzene rings is 2. The number of nitrogens with zero attached hydrogens (tertiary/aromatic N) is 2. The minimum Gasteiger partial charge on any atom is -0.406 e. The van der Waals surface area contributed by atoms with Crippen molar-refractivity contribution >= 4 is 16.7 Å². The van der Waals surface area contributed by atoms with Crippen molar-refractivity contribution < 1.29 is 17.9 Å². The molecule has 8 heteroatoms. The van der Waals surface area contributed by atoms with Crippen LogP contribution in [0.4, 0.5) is 19.0 Å². The number of hydrogen-bond acceptors (Lipinski definition) is 4. The molecule has 0 aliphatic carbocycles. The Kier molecular flexibility index (Phi) is 3.67. The summed E-state index contributed by atoms with van der Waals surface area (Å²) in [4.78, 5) is 16.1. The van der Waals surface area contributed by atoms with Crippen molar-refractivity contribution in [1.82, 2.24) is 9.55 Å². The zero-order valence-electron chi connectivity index (χ0n) is 12.5. The van der Waals surface area contributed by atoms with Crippen LogP contribution in [0.25, 0.3) is 16.6 Å². The lowest BCUT2D eigenvalue weighted by Crippen LogP contribution is -2.24. The molecule has 0 atom stereocenters. The first-order chi connectivity index (χ1) is 11.3. The molecule has 2 aromatic carbocycles. The average molecular weight is 335 g/mol. The van der Waals surface area contributed by atoms with E-state index in [-0.39, 0.29) is 11.3 Å². The molecule has 0 saturated heterocycles. The van der Waals surface area contributed by atoms with E-state index in [1.54, 1.807) is 31.2 Å². The molecule has 1 aromatic heterocycles. The molecular formula is C16H12F3N3O2. The Morgan fingerprint density at radius 2 is 1.88 bits per heavy atom. The molecule has 0 fully saturated rings. The van der Waals surface area contributed by atoms with E-state index in [2.05, 4.69) is 9.72 Å². The molecule has 24 heavy (non-hydrogen) atoms. The molecule has 0 unspecified atom stereocenters. The first kappa shape index (κ1) is 15.9. The van der Waals surface area contributed by atoms with Crippen LogP contribution < -0.4 is 16.2 Å². The molecule has 3 aromatic rings. The molecule has 2 N–H and O–H groups in total. The maximum Gasteiger partial charge on any atom is 0.573 e. The summed E-state index contributed by atoms with van der Waals surface area (Å²) < 4.78 is 42.5. The highest BCUT2D eigenvalue weighted by Crippen LogP contribution is 2.29. The smallest absolute Gasteiger partial charge is 0.406 e. The third kappa shape index (κ3) is 2.90. The van der Waals surface area contributed by atoms with Crippen molar-refractivity contribution in [2.75, 3.05) is 5.73 Å². The summed E-state index contributed by atoms with van der Waals surface area (Å²) in [5.41, 5.74) is 6.50. The second-order valence-electron chi connectivity index (χ2n) is 5.13. The first-order valence-corrected chi connectivity index (χ1v) is 6.90. The van der Waals surface area contributed by atoms with Gasteiger partial charge in [-0.1, -0.05) is 18.2 Å². The second kappa shape index (κ2) is 5.55. The Morgan fingerprint density at radius 1 is 1.17 bits per heavy atom.